The van der Waals surface area contributed by atoms with E-state index in [1.807, 2.05) is 0 Å². The number of hydrogen-bond acceptors (Lipinski definition) is 4. The smallest absolute Gasteiger partial charge is 0.319 e. The molecule has 122 valence electrons. The fourth-order valence-electron chi connectivity index (χ4n) is 2.36. The van der Waals surface area contributed by atoms with Crippen LogP contribution >= 0.6 is 23.2 Å². The first-order valence-corrected chi connectivity index (χ1v) is 7.92. The van der Waals surface area contributed by atoms with Crippen molar-refractivity contribution in [3.63, 3.8) is 0 Å². The van der Waals surface area contributed by atoms with E-state index < -0.39 is 11.4 Å². The van der Waals surface area contributed by atoms with Crippen LogP contribution in [0, 0.1) is 5.41 Å². The lowest BCUT2D eigenvalue weighted by Gasteiger charge is -2.28. The van der Waals surface area contributed by atoms with E-state index in [0.717, 1.165) is 0 Å². The van der Waals surface area contributed by atoms with Gasteiger partial charge in [0.1, 0.15) is 5.41 Å². The summed E-state index contributed by atoms with van der Waals surface area (Å²) in [4.78, 5) is 25.0. The third kappa shape index (κ3) is 4.00. The maximum absolute atomic E-state index is 12.7. The summed E-state index contributed by atoms with van der Waals surface area (Å²) in [5.41, 5.74) is -0.885. The van der Waals surface area contributed by atoms with Crippen molar-refractivity contribution in [2.75, 3.05) is 13.2 Å². The van der Waals surface area contributed by atoms with Crippen molar-refractivity contribution in [2.24, 2.45) is 5.41 Å². The fourth-order valence-corrected chi connectivity index (χ4v) is 2.90. The van der Waals surface area contributed by atoms with Gasteiger partial charge >= 0.3 is 5.97 Å². The Hall–Kier alpha value is -1.10. The van der Waals surface area contributed by atoms with Gasteiger partial charge in [0.2, 0.25) is 0 Å². The van der Waals surface area contributed by atoms with E-state index in [-0.39, 0.29) is 38.3 Å². The van der Waals surface area contributed by atoms with Gasteiger partial charge in [-0.25, -0.2) is 0 Å². The van der Waals surface area contributed by atoms with Crippen LogP contribution in [0.2, 0.25) is 10.0 Å². The number of hydrogen-bond donors (Lipinski definition) is 1. The molecule has 1 N–H and O–H groups in total. The summed E-state index contributed by atoms with van der Waals surface area (Å²) in [6, 6.07) is 4.96. The van der Waals surface area contributed by atoms with Crippen LogP contribution in [0.25, 0.3) is 0 Å². The third-order valence-corrected chi connectivity index (χ3v) is 4.45. The highest BCUT2D eigenvalue weighted by Gasteiger charge is 2.44. The molecule has 6 heteroatoms. The second-order valence-electron chi connectivity index (χ2n) is 4.93. The zero-order valence-corrected chi connectivity index (χ0v) is 14.2. The number of Topliss-reactive ketones (excluding diaryl/α,β-unsaturated/α-hetero) is 1. The van der Waals surface area contributed by atoms with Crippen molar-refractivity contribution in [3.8, 4) is 0 Å². The molecule has 0 radical (unpaired) electrons. The van der Waals surface area contributed by atoms with E-state index in [0.29, 0.717) is 15.6 Å². The van der Waals surface area contributed by atoms with Crippen LogP contribution < -0.4 is 0 Å². The van der Waals surface area contributed by atoms with Gasteiger partial charge in [-0.05, 0) is 37.5 Å². The highest BCUT2D eigenvalue weighted by Crippen LogP contribution is 2.34. The zero-order chi connectivity index (χ0) is 16.8. The quantitative estimate of drug-likeness (QED) is 0.578. The summed E-state index contributed by atoms with van der Waals surface area (Å²) in [5, 5.41) is 10.0. The molecule has 0 aliphatic heterocycles. The molecule has 1 unspecified atom stereocenters. The van der Waals surface area contributed by atoms with E-state index >= 15 is 0 Å². The molecule has 4 nitrogen and oxygen atoms in total. The molecule has 1 rings (SSSR count). The number of benzene rings is 1. The molecule has 1 atom stereocenters. The Morgan fingerprint density at radius 1 is 1.23 bits per heavy atom. The molecule has 1 aromatic carbocycles. The topological polar surface area (TPSA) is 63.6 Å². The average Bonchev–Trinajstić information content (AvgIpc) is 2.48. The Bertz CT molecular complexity index is 525. The van der Waals surface area contributed by atoms with Gasteiger partial charge in [-0.15, -0.1) is 0 Å². The van der Waals surface area contributed by atoms with Crippen molar-refractivity contribution in [3.05, 3.63) is 33.8 Å². The molecule has 0 aliphatic carbocycles. The summed E-state index contributed by atoms with van der Waals surface area (Å²) < 4.78 is 5.03. The summed E-state index contributed by atoms with van der Waals surface area (Å²) in [7, 11) is 0. The van der Waals surface area contributed by atoms with E-state index in [2.05, 4.69) is 0 Å². The monoisotopic (exact) mass is 346 g/mol. The van der Waals surface area contributed by atoms with Crippen LogP contribution in [0.4, 0.5) is 0 Å². The van der Waals surface area contributed by atoms with Crippen molar-refractivity contribution in [1.82, 2.24) is 0 Å². The largest absolute Gasteiger partial charge is 0.465 e. The molecule has 0 saturated carbocycles. The van der Waals surface area contributed by atoms with Gasteiger partial charge in [-0.3, -0.25) is 9.59 Å². The first-order chi connectivity index (χ1) is 10.4. The van der Waals surface area contributed by atoms with E-state index in [9.17, 15) is 14.7 Å². The summed E-state index contributed by atoms with van der Waals surface area (Å²) in [6.07, 6.45) is 0.182. The van der Waals surface area contributed by atoms with Gasteiger partial charge in [0.25, 0.3) is 0 Å². The Labute approximate surface area is 140 Å². The zero-order valence-electron chi connectivity index (χ0n) is 12.7. The predicted octanol–water partition coefficient (Wildman–Crippen LogP) is 3.45. The molecule has 0 amide bonds. The van der Waals surface area contributed by atoms with Crippen LogP contribution in [-0.2, 0) is 20.7 Å². The number of ketones is 1. The van der Waals surface area contributed by atoms with E-state index in [1.165, 1.54) is 0 Å². The Balaban J connectivity index is 3.14. The van der Waals surface area contributed by atoms with Crippen molar-refractivity contribution in [2.45, 2.75) is 33.1 Å². The molecule has 1 aromatic rings. The SMILES string of the molecule is CCOC(=O)C(CC)(CCO)C(=O)Cc1c(Cl)cccc1Cl. The summed E-state index contributed by atoms with van der Waals surface area (Å²) in [6.45, 7) is 3.28. The molecule has 0 saturated heterocycles. The van der Waals surface area contributed by atoms with Crippen molar-refractivity contribution < 1.29 is 19.4 Å². The molecular weight excluding hydrogens is 327 g/mol. The second kappa shape index (κ2) is 8.51. The van der Waals surface area contributed by atoms with Crippen molar-refractivity contribution >= 4 is 35.0 Å². The molecule has 22 heavy (non-hydrogen) atoms. The van der Waals surface area contributed by atoms with Gasteiger partial charge in [-0.1, -0.05) is 36.2 Å². The normalized spacial score (nSPS) is 13.5. The van der Waals surface area contributed by atoms with E-state index in [1.54, 1.807) is 32.0 Å². The first-order valence-electron chi connectivity index (χ1n) is 7.17. The lowest BCUT2D eigenvalue weighted by Crippen LogP contribution is -2.42. The number of aliphatic hydroxyl groups excluding tert-OH is 1. The van der Waals surface area contributed by atoms with Crippen LogP contribution in [0.5, 0.6) is 0 Å². The number of halogens is 2. The molecule has 0 aromatic heterocycles. The molecule has 0 aliphatic rings. The standard InChI is InChI=1S/C16H20Cl2O4/c1-3-16(8-9-19,15(21)22-4-2)14(20)10-11-12(17)6-5-7-13(11)18/h5-7,19H,3-4,8-10H2,1-2H3. The average molecular weight is 347 g/mol. The minimum absolute atomic E-state index is 0.0171. The minimum Gasteiger partial charge on any atom is -0.465 e. The van der Waals surface area contributed by atoms with Gasteiger partial charge in [0.15, 0.2) is 5.78 Å². The van der Waals surface area contributed by atoms with Crippen LogP contribution in [-0.4, -0.2) is 30.1 Å². The lowest BCUT2D eigenvalue weighted by atomic mass is 9.76. The number of aliphatic hydroxyl groups is 1. The minimum atomic E-state index is -1.37. The Kier molecular flexibility index (Phi) is 7.33. The number of rotatable bonds is 8. The molecule has 0 heterocycles. The van der Waals surface area contributed by atoms with Crippen LogP contribution in [0.3, 0.4) is 0 Å². The molecule has 0 fully saturated rings. The number of esters is 1. The number of carbonyl (C=O) groups excluding carboxylic acids is 2. The number of carbonyl (C=O) groups is 2. The second-order valence-corrected chi connectivity index (χ2v) is 5.74. The van der Waals surface area contributed by atoms with E-state index in [4.69, 9.17) is 27.9 Å². The molecule has 0 spiro atoms. The highest BCUT2D eigenvalue weighted by atomic mass is 35.5. The maximum Gasteiger partial charge on any atom is 0.319 e. The lowest BCUT2D eigenvalue weighted by molar-refractivity contribution is -0.161. The van der Waals surface area contributed by atoms with Gasteiger partial charge in [0, 0.05) is 23.1 Å². The van der Waals surface area contributed by atoms with Gasteiger partial charge in [0.05, 0.1) is 6.61 Å². The highest BCUT2D eigenvalue weighted by molar-refractivity contribution is 6.36. The van der Waals surface area contributed by atoms with Gasteiger partial charge < -0.3 is 9.84 Å². The van der Waals surface area contributed by atoms with Crippen LogP contribution in [0.1, 0.15) is 32.3 Å². The first kappa shape index (κ1) is 18.9. The van der Waals surface area contributed by atoms with Crippen molar-refractivity contribution in [1.29, 1.82) is 0 Å². The Morgan fingerprint density at radius 2 is 1.82 bits per heavy atom. The summed E-state index contributed by atoms with van der Waals surface area (Å²) in [5.74, 6) is -0.961. The molecular formula is C16H20Cl2O4. The summed E-state index contributed by atoms with van der Waals surface area (Å²) >= 11 is 12.2. The third-order valence-electron chi connectivity index (χ3n) is 3.74. The fraction of sp³-hybridized carbons (Fsp3) is 0.500. The van der Waals surface area contributed by atoms with Gasteiger partial charge in [-0.2, -0.15) is 0 Å². The molecule has 0 bridgehead atoms. The maximum atomic E-state index is 12.7. The van der Waals surface area contributed by atoms with Crippen LogP contribution in [0.15, 0.2) is 18.2 Å². The number of ether oxygens (including phenoxy) is 1. The predicted molar refractivity (Wildman–Crippen MR) is 86.2 cm³/mol. The Morgan fingerprint density at radius 3 is 2.27 bits per heavy atom.